The van der Waals surface area contributed by atoms with Crippen molar-refractivity contribution in [3.8, 4) is 11.3 Å². The maximum Gasteiger partial charge on any atom is 0.404 e. The van der Waals surface area contributed by atoms with Gasteiger partial charge >= 0.3 is 6.09 Å². The summed E-state index contributed by atoms with van der Waals surface area (Å²) in [5.41, 5.74) is 2.88. The molecule has 0 fully saturated rings. The molecule has 0 atom stereocenters. The largest absolute Gasteiger partial charge is 0.465 e. The maximum absolute atomic E-state index is 12.9. The molecular weight excluding hydrogens is 398 g/mol. The van der Waals surface area contributed by atoms with Crippen molar-refractivity contribution in [1.82, 2.24) is 19.9 Å². The van der Waals surface area contributed by atoms with E-state index in [4.69, 9.17) is 5.11 Å². The molecule has 1 aromatic carbocycles. The van der Waals surface area contributed by atoms with Crippen LogP contribution in [0.2, 0.25) is 0 Å². The molecule has 0 saturated heterocycles. The van der Waals surface area contributed by atoms with E-state index in [9.17, 15) is 13.6 Å². The number of rotatable bonds is 5. The van der Waals surface area contributed by atoms with Crippen LogP contribution in [-0.4, -0.2) is 32.2 Å². The third kappa shape index (κ3) is 3.93. The Bertz CT molecular complexity index is 930. The predicted octanol–water partition coefficient (Wildman–Crippen LogP) is 3.73. The van der Waals surface area contributed by atoms with Crippen LogP contribution in [-0.2, 0) is 13.0 Å². The first-order valence-electron chi connectivity index (χ1n) is 7.30. The van der Waals surface area contributed by atoms with Crippen LogP contribution in [0, 0.1) is 0 Å². The molecule has 0 saturated carbocycles. The van der Waals surface area contributed by atoms with Crippen molar-refractivity contribution in [2.24, 2.45) is 0 Å². The van der Waals surface area contributed by atoms with Crippen LogP contribution in [0.25, 0.3) is 16.8 Å². The first-order valence-corrected chi connectivity index (χ1v) is 8.09. The second kappa shape index (κ2) is 7.14. The summed E-state index contributed by atoms with van der Waals surface area (Å²) in [6.07, 6.45) is -1.04. The Hall–Kier alpha value is -2.55. The van der Waals surface area contributed by atoms with Crippen LogP contribution in [0.5, 0.6) is 0 Å². The van der Waals surface area contributed by atoms with E-state index in [0.717, 1.165) is 9.99 Å². The number of alkyl halides is 2. The molecule has 0 unspecified atom stereocenters. The van der Waals surface area contributed by atoms with E-state index in [0.29, 0.717) is 22.4 Å². The molecule has 9 heteroatoms. The Kier molecular flexibility index (Phi) is 4.93. The fraction of sp³-hybridized carbons (Fsp3) is 0.188. The summed E-state index contributed by atoms with van der Waals surface area (Å²) < 4.78 is 28.3. The number of aromatic nitrogens is 3. The lowest BCUT2D eigenvalue weighted by molar-refractivity contribution is 0.149. The van der Waals surface area contributed by atoms with E-state index >= 15 is 0 Å². The highest BCUT2D eigenvalue weighted by Crippen LogP contribution is 2.27. The minimum Gasteiger partial charge on any atom is -0.465 e. The topological polar surface area (TPSA) is 79.5 Å². The summed E-state index contributed by atoms with van der Waals surface area (Å²) >= 11 is 3.37. The van der Waals surface area contributed by atoms with Crippen LogP contribution in [0.4, 0.5) is 13.6 Å². The van der Waals surface area contributed by atoms with Crippen molar-refractivity contribution in [3.63, 3.8) is 0 Å². The molecule has 0 bridgehead atoms. The molecular formula is C16H13BrF2N4O2. The quantitative estimate of drug-likeness (QED) is 0.671. The van der Waals surface area contributed by atoms with Gasteiger partial charge in [0.1, 0.15) is 6.33 Å². The number of nitrogens with zero attached hydrogens (tertiary/aromatic N) is 3. The monoisotopic (exact) mass is 410 g/mol. The van der Waals surface area contributed by atoms with Crippen LogP contribution in [0.3, 0.4) is 0 Å². The second-order valence-electron chi connectivity index (χ2n) is 5.33. The third-order valence-electron chi connectivity index (χ3n) is 3.66. The number of fused-ring (bicyclic) bond motifs is 1. The van der Waals surface area contributed by atoms with Gasteiger partial charge in [-0.15, -0.1) is 0 Å². The highest BCUT2D eigenvalue weighted by Gasteiger charge is 2.14. The Morgan fingerprint density at radius 3 is 2.84 bits per heavy atom. The lowest BCUT2D eigenvalue weighted by atomic mass is 9.99. The summed E-state index contributed by atoms with van der Waals surface area (Å²) in [4.78, 5) is 14.9. The smallest absolute Gasteiger partial charge is 0.404 e. The Labute approximate surface area is 149 Å². The van der Waals surface area contributed by atoms with Gasteiger partial charge in [0.25, 0.3) is 0 Å². The number of carbonyl (C=O) groups is 1. The van der Waals surface area contributed by atoms with Gasteiger partial charge in [0.2, 0.25) is 6.43 Å². The zero-order valence-electron chi connectivity index (χ0n) is 12.8. The summed E-state index contributed by atoms with van der Waals surface area (Å²) in [6, 6.07) is 6.83. The molecule has 2 heterocycles. The van der Waals surface area contributed by atoms with Gasteiger partial charge in [0.05, 0.1) is 11.2 Å². The predicted molar refractivity (Wildman–Crippen MR) is 90.7 cm³/mol. The molecule has 0 aliphatic heterocycles. The molecule has 3 rings (SSSR count). The minimum atomic E-state index is -2.54. The number of benzene rings is 1. The van der Waals surface area contributed by atoms with Crippen LogP contribution in [0.15, 0.2) is 41.3 Å². The Balaban J connectivity index is 2.05. The number of hydrogen-bond donors (Lipinski definition) is 2. The molecule has 0 aliphatic rings. The van der Waals surface area contributed by atoms with Gasteiger partial charge in [0, 0.05) is 29.2 Å². The second-order valence-corrected chi connectivity index (χ2v) is 6.25. The first kappa shape index (κ1) is 17.3. The molecule has 0 spiro atoms. The summed E-state index contributed by atoms with van der Waals surface area (Å²) in [7, 11) is 0. The van der Waals surface area contributed by atoms with E-state index < -0.39 is 18.9 Å². The van der Waals surface area contributed by atoms with Gasteiger partial charge in [-0.1, -0.05) is 12.1 Å². The Morgan fingerprint density at radius 1 is 1.32 bits per heavy atom. The summed E-state index contributed by atoms with van der Waals surface area (Å²) in [6.45, 7) is -0.0342. The van der Waals surface area contributed by atoms with Gasteiger partial charge in [-0.05, 0) is 39.2 Å². The Morgan fingerprint density at radius 2 is 2.12 bits per heavy atom. The molecule has 3 aromatic rings. The zero-order chi connectivity index (χ0) is 18.0. The van der Waals surface area contributed by atoms with Gasteiger partial charge in [0.15, 0.2) is 0 Å². The van der Waals surface area contributed by atoms with E-state index in [-0.39, 0.29) is 6.54 Å². The molecule has 1 amide bonds. The van der Waals surface area contributed by atoms with Crippen molar-refractivity contribution < 1.29 is 18.7 Å². The fourth-order valence-corrected chi connectivity index (χ4v) is 3.00. The highest BCUT2D eigenvalue weighted by atomic mass is 79.9. The summed E-state index contributed by atoms with van der Waals surface area (Å²) in [5, 5.41) is 15.0. The minimum absolute atomic E-state index is 0.0342. The highest BCUT2D eigenvalue weighted by molar-refractivity contribution is 9.10. The third-order valence-corrected chi connectivity index (χ3v) is 4.09. The zero-order valence-corrected chi connectivity index (χ0v) is 14.4. The van der Waals surface area contributed by atoms with Crippen molar-refractivity contribution in [3.05, 3.63) is 52.4 Å². The average molecular weight is 411 g/mol. The van der Waals surface area contributed by atoms with Gasteiger partial charge in [-0.2, -0.15) is 5.10 Å². The molecule has 6 nitrogen and oxygen atoms in total. The molecule has 130 valence electrons. The van der Waals surface area contributed by atoms with Crippen molar-refractivity contribution in [1.29, 1.82) is 0 Å². The summed E-state index contributed by atoms with van der Waals surface area (Å²) in [5.74, 6) is 0. The van der Waals surface area contributed by atoms with Gasteiger partial charge in [-0.25, -0.2) is 23.1 Å². The standard InChI is InChI=1S/C16H13BrF2N4O2/c17-12-5-13-15(21-8-22-23(13)7-12)9-1-2-10(6-20-16(24)25)11(3-9)4-14(18)19/h1-3,5,7-8,14,20H,4,6H2,(H,24,25). The van der Waals surface area contributed by atoms with Crippen molar-refractivity contribution >= 4 is 27.5 Å². The fourth-order valence-electron chi connectivity index (χ4n) is 2.59. The van der Waals surface area contributed by atoms with E-state index in [1.54, 1.807) is 28.9 Å². The number of nitrogens with one attached hydrogen (secondary N) is 1. The SMILES string of the molecule is O=C(O)NCc1ccc(-c2ncnn3cc(Br)cc23)cc1CC(F)F. The lowest BCUT2D eigenvalue weighted by Crippen LogP contribution is -2.21. The van der Waals surface area contributed by atoms with Crippen LogP contribution in [0.1, 0.15) is 11.1 Å². The molecule has 2 aromatic heterocycles. The normalized spacial score (nSPS) is 11.2. The lowest BCUT2D eigenvalue weighted by Gasteiger charge is -2.12. The van der Waals surface area contributed by atoms with E-state index in [1.807, 2.05) is 6.07 Å². The number of halogens is 3. The molecule has 2 N–H and O–H groups in total. The number of amides is 1. The first-order chi connectivity index (χ1) is 11.9. The van der Waals surface area contributed by atoms with E-state index in [1.165, 1.54) is 6.33 Å². The van der Waals surface area contributed by atoms with E-state index in [2.05, 4.69) is 31.3 Å². The van der Waals surface area contributed by atoms with Gasteiger partial charge < -0.3 is 10.4 Å². The maximum atomic E-state index is 12.9. The van der Waals surface area contributed by atoms with Crippen molar-refractivity contribution in [2.75, 3.05) is 0 Å². The van der Waals surface area contributed by atoms with Crippen LogP contribution < -0.4 is 5.32 Å². The van der Waals surface area contributed by atoms with Crippen LogP contribution >= 0.6 is 15.9 Å². The molecule has 0 aliphatic carbocycles. The average Bonchev–Trinajstić information content (AvgIpc) is 2.93. The number of carboxylic acid groups (broad SMARTS) is 1. The van der Waals surface area contributed by atoms with Crippen molar-refractivity contribution in [2.45, 2.75) is 19.4 Å². The molecule has 0 radical (unpaired) electrons. The van der Waals surface area contributed by atoms with Gasteiger partial charge in [-0.3, -0.25) is 0 Å². The molecule has 25 heavy (non-hydrogen) atoms. The number of hydrogen-bond acceptors (Lipinski definition) is 3.